The summed E-state index contributed by atoms with van der Waals surface area (Å²) in [5.41, 5.74) is 0.576. The fourth-order valence-electron chi connectivity index (χ4n) is 2.18. The van der Waals surface area contributed by atoms with Crippen molar-refractivity contribution in [3.8, 4) is 0 Å². The summed E-state index contributed by atoms with van der Waals surface area (Å²) in [4.78, 5) is 24.9. The summed E-state index contributed by atoms with van der Waals surface area (Å²) in [6, 6.07) is 0. The van der Waals surface area contributed by atoms with E-state index in [1.54, 1.807) is 11.5 Å². The maximum Gasteiger partial charge on any atom is 0.347 e. The van der Waals surface area contributed by atoms with Gasteiger partial charge in [0.15, 0.2) is 0 Å². The van der Waals surface area contributed by atoms with Crippen molar-refractivity contribution in [1.82, 2.24) is 9.47 Å². The van der Waals surface area contributed by atoms with Crippen LogP contribution in [0.5, 0.6) is 0 Å². The summed E-state index contributed by atoms with van der Waals surface area (Å²) >= 11 is 0.821. The third-order valence-corrected chi connectivity index (χ3v) is 4.25. The van der Waals surface area contributed by atoms with E-state index in [4.69, 9.17) is 5.11 Å². The van der Waals surface area contributed by atoms with Crippen LogP contribution in [0.15, 0.2) is 4.79 Å². The monoisotopic (exact) mass is 256 g/mol. The summed E-state index contributed by atoms with van der Waals surface area (Å²) in [7, 11) is 0. The van der Waals surface area contributed by atoms with Crippen molar-refractivity contribution in [2.24, 2.45) is 0 Å². The van der Waals surface area contributed by atoms with Gasteiger partial charge in [0.1, 0.15) is 4.88 Å². The van der Waals surface area contributed by atoms with E-state index in [9.17, 15) is 9.59 Å². The third kappa shape index (κ3) is 2.58. The molecule has 0 amide bonds. The van der Waals surface area contributed by atoms with Crippen molar-refractivity contribution in [3.63, 3.8) is 0 Å². The molecule has 5 nitrogen and oxygen atoms in total. The molecule has 1 aliphatic heterocycles. The molecule has 2 rings (SSSR count). The highest BCUT2D eigenvalue weighted by Gasteiger charge is 2.18. The van der Waals surface area contributed by atoms with E-state index in [-0.39, 0.29) is 9.75 Å². The predicted molar refractivity (Wildman–Crippen MR) is 65.9 cm³/mol. The van der Waals surface area contributed by atoms with E-state index in [1.165, 1.54) is 12.8 Å². The van der Waals surface area contributed by atoms with E-state index in [0.717, 1.165) is 31.0 Å². The summed E-state index contributed by atoms with van der Waals surface area (Å²) in [5, 5.41) is 8.93. The molecule has 1 N–H and O–H groups in total. The summed E-state index contributed by atoms with van der Waals surface area (Å²) in [6.45, 7) is 5.30. The minimum absolute atomic E-state index is 0.163. The van der Waals surface area contributed by atoms with E-state index < -0.39 is 5.97 Å². The van der Waals surface area contributed by atoms with Gasteiger partial charge in [-0.15, -0.1) is 0 Å². The number of thiazole rings is 1. The number of likely N-dealkylation sites (tertiary alicyclic amines) is 1. The van der Waals surface area contributed by atoms with Gasteiger partial charge in [-0.05, 0) is 32.9 Å². The molecule has 2 heterocycles. The topological polar surface area (TPSA) is 62.5 Å². The Morgan fingerprint density at radius 2 is 2.00 bits per heavy atom. The van der Waals surface area contributed by atoms with Crippen molar-refractivity contribution in [2.75, 3.05) is 19.6 Å². The second-order valence-corrected chi connectivity index (χ2v) is 5.25. The first-order valence-corrected chi connectivity index (χ1v) is 6.57. The molecule has 0 unspecified atom stereocenters. The zero-order valence-electron chi connectivity index (χ0n) is 9.81. The highest BCUT2D eigenvalue weighted by molar-refractivity contribution is 7.11. The van der Waals surface area contributed by atoms with Crippen LogP contribution in [-0.2, 0) is 6.54 Å². The lowest BCUT2D eigenvalue weighted by Crippen LogP contribution is -2.27. The van der Waals surface area contributed by atoms with Crippen LogP contribution in [0.1, 0.15) is 28.2 Å². The van der Waals surface area contributed by atoms with Crippen LogP contribution in [0.4, 0.5) is 0 Å². The molecule has 1 aromatic rings. The van der Waals surface area contributed by atoms with Crippen LogP contribution in [0.3, 0.4) is 0 Å². The maximum absolute atomic E-state index is 11.7. The Bertz CT molecular complexity index is 472. The molecule has 1 aliphatic rings. The quantitative estimate of drug-likeness (QED) is 0.873. The predicted octanol–water partition coefficient (Wildman–Crippen LogP) is 1.01. The van der Waals surface area contributed by atoms with Gasteiger partial charge >= 0.3 is 10.8 Å². The minimum Gasteiger partial charge on any atom is -0.477 e. The van der Waals surface area contributed by atoms with Crippen LogP contribution in [-0.4, -0.2) is 40.2 Å². The maximum atomic E-state index is 11.7. The SMILES string of the molecule is Cc1c(C(=O)O)sc(=O)n1CCN1CCCC1. The van der Waals surface area contributed by atoms with Gasteiger partial charge in [0.2, 0.25) is 0 Å². The zero-order chi connectivity index (χ0) is 12.4. The molecule has 0 atom stereocenters. The molecule has 1 fully saturated rings. The van der Waals surface area contributed by atoms with E-state index in [1.807, 2.05) is 0 Å². The van der Waals surface area contributed by atoms with Gasteiger partial charge in [-0.2, -0.15) is 0 Å². The molecule has 0 aliphatic carbocycles. The Kier molecular flexibility index (Phi) is 3.63. The molecular weight excluding hydrogens is 240 g/mol. The molecule has 6 heteroatoms. The number of carboxylic acids is 1. The smallest absolute Gasteiger partial charge is 0.347 e. The number of carboxylic acid groups (broad SMARTS) is 1. The normalized spacial score (nSPS) is 16.5. The van der Waals surface area contributed by atoms with Crippen molar-refractivity contribution in [1.29, 1.82) is 0 Å². The van der Waals surface area contributed by atoms with Gasteiger partial charge in [-0.25, -0.2) is 4.79 Å². The lowest BCUT2D eigenvalue weighted by Gasteiger charge is -2.14. The number of aromatic nitrogens is 1. The third-order valence-electron chi connectivity index (χ3n) is 3.18. The van der Waals surface area contributed by atoms with Crippen LogP contribution in [0.25, 0.3) is 0 Å². The molecule has 0 spiro atoms. The van der Waals surface area contributed by atoms with Gasteiger partial charge in [0.25, 0.3) is 0 Å². The average Bonchev–Trinajstić information content (AvgIpc) is 2.86. The fraction of sp³-hybridized carbons (Fsp3) is 0.636. The first kappa shape index (κ1) is 12.3. The molecule has 0 aromatic carbocycles. The highest BCUT2D eigenvalue weighted by atomic mass is 32.1. The van der Waals surface area contributed by atoms with Crippen molar-refractivity contribution in [3.05, 3.63) is 20.2 Å². The first-order chi connectivity index (χ1) is 8.09. The standard InChI is InChI=1S/C11H16N2O3S/c1-8-9(10(14)15)17-11(16)13(8)7-6-12-4-2-3-5-12/h2-7H2,1H3,(H,14,15). The number of nitrogens with zero attached hydrogens (tertiary/aromatic N) is 2. The molecule has 0 radical (unpaired) electrons. The number of hydrogen-bond donors (Lipinski definition) is 1. The summed E-state index contributed by atoms with van der Waals surface area (Å²) in [6.07, 6.45) is 2.44. The van der Waals surface area contributed by atoms with Crippen molar-refractivity contribution >= 4 is 17.3 Å². The van der Waals surface area contributed by atoms with Gasteiger partial charge < -0.3 is 14.6 Å². The van der Waals surface area contributed by atoms with E-state index in [2.05, 4.69) is 4.90 Å². The number of hydrogen-bond acceptors (Lipinski definition) is 4. The Balaban J connectivity index is 2.09. The molecule has 0 bridgehead atoms. The van der Waals surface area contributed by atoms with Gasteiger partial charge in [-0.3, -0.25) is 4.79 Å². The number of carbonyl (C=O) groups is 1. The molecule has 1 saturated heterocycles. The van der Waals surface area contributed by atoms with E-state index >= 15 is 0 Å². The van der Waals surface area contributed by atoms with Crippen LogP contribution in [0, 0.1) is 6.92 Å². The summed E-state index contributed by atoms with van der Waals surface area (Å²) in [5.74, 6) is -1.01. The molecular formula is C11H16N2O3S. The first-order valence-electron chi connectivity index (χ1n) is 5.75. The summed E-state index contributed by atoms with van der Waals surface area (Å²) < 4.78 is 1.58. The van der Waals surface area contributed by atoms with E-state index in [0.29, 0.717) is 12.2 Å². The largest absolute Gasteiger partial charge is 0.477 e. The number of rotatable bonds is 4. The van der Waals surface area contributed by atoms with Gasteiger partial charge in [0, 0.05) is 18.8 Å². The zero-order valence-corrected chi connectivity index (χ0v) is 10.6. The Morgan fingerprint density at radius 1 is 1.35 bits per heavy atom. The fourth-order valence-corrected chi connectivity index (χ4v) is 3.04. The second-order valence-electron chi connectivity index (χ2n) is 4.29. The van der Waals surface area contributed by atoms with Crippen LogP contribution >= 0.6 is 11.3 Å². The lowest BCUT2D eigenvalue weighted by molar-refractivity contribution is 0.0700. The Hall–Kier alpha value is -1.14. The van der Waals surface area contributed by atoms with Crippen LogP contribution in [0.2, 0.25) is 0 Å². The highest BCUT2D eigenvalue weighted by Crippen LogP contribution is 2.12. The average molecular weight is 256 g/mol. The van der Waals surface area contributed by atoms with Crippen molar-refractivity contribution in [2.45, 2.75) is 26.3 Å². The Labute approximate surface area is 103 Å². The van der Waals surface area contributed by atoms with Crippen molar-refractivity contribution < 1.29 is 9.90 Å². The molecule has 0 saturated carbocycles. The van der Waals surface area contributed by atoms with Gasteiger partial charge in [0.05, 0.1) is 0 Å². The molecule has 1 aromatic heterocycles. The Morgan fingerprint density at radius 3 is 2.53 bits per heavy atom. The lowest BCUT2D eigenvalue weighted by atomic mass is 10.4. The van der Waals surface area contributed by atoms with Crippen LogP contribution < -0.4 is 4.87 Å². The molecule has 17 heavy (non-hydrogen) atoms. The second kappa shape index (κ2) is 5.01. The van der Waals surface area contributed by atoms with Gasteiger partial charge in [-0.1, -0.05) is 11.3 Å². The minimum atomic E-state index is -1.01. The molecule has 94 valence electrons. The number of aromatic carboxylic acids is 1.